The first-order chi connectivity index (χ1) is 7.00. The van der Waals surface area contributed by atoms with Crippen molar-refractivity contribution in [1.29, 1.82) is 0 Å². The van der Waals surface area contributed by atoms with Crippen LogP contribution in [0.1, 0.15) is 45.3 Å². The van der Waals surface area contributed by atoms with Gasteiger partial charge in [0.05, 0.1) is 0 Å². The number of hydrogen-bond donors (Lipinski definition) is 0. The largest absolute Gasteiger partial charge is 0.267 e. The molecule has 1 aliphatic carbocycles. The van der Waals surface area contributed by atoms with Crippen LogP contribution in [0.4, 0.5) is 0 Å². The Bertz CT molecular complexity index is 354. The Morgan fingerprint density at radius 1 is 1.53 bits per heavy atom. The maximum absolute atomic E-state index is 6.00. The van der Waals surface area contributed by atoms with Gasteiger partial charge in [-0.15, -0.1) is 11.6 Å². The summed E-state index contributed by atoms with van der Waals surface area (Å²) in [7, 11) is 0. The molecule has 15 heavy (non-hydrogen) atoms. The summed E-state index contributed by atoms with van der Waals surface area (Å²) in [6.07, 6.45) is 1.90. The monoisotopic (exact) mass is 226 g/mol. The zero-order valence-electron chi connectivity index (χ0n) is 9.87. The van der Waals surface area contributed by atoms with Crippen molar-refractivity contribution < 1.29 is 0 Å². The second-order valence-corrected chi connectivity index (χ2v) is 5.66. The molecule has 84 valence electrons. The Morgan fingerprint density at radius 3 is 2.67 bits per heavy atom. The molecule has 0 spiro atoms. The molecule has 0 amide bonds. The van der Waals surface area contributed by atoms with Crippen molar-refractivity contribution >= 4 is 11.6 Å². The molecule has 1 aromatic rings. The van der Waals surface area contributed by atoms with Crippen molar-refractivity contribution in [2.75, 3.05) is 5.88 Å². The van der Waals surface area contributed by atoms with Crippen LogP contribution in [0.2, 0.25) is 0 Å². The van der Waals surface area contributed by atoms with E-state index >= 15 is 0 Å². The van der Waals surface area contributed by atoms with Crippen LogP contribution < -0.4 is 0 Å². The van der Waals surface area contributed by atoms with E-state index in [0.29, 0.717) is 23.3 Å². The van der Waals surface area contributed by atoms with E-state index in [2.05, 4.69) is 43.5 Å². The Hall–Kier alpha value is -0.500. The zero-order chi connectivity index (χ0) is 11.2. The van der Waals surface area contributed by atoms with Gasteiger partial charge in [-0.05, 0) is 31.2 Å². The molecule has 2 nitrogen and oxygen atoms in total. The molecule has 1 saturated carbocycles. The van der Waals surface area contributed by atoms with Gasteiger partial charge in [0.15, 0.2) is 0 Å². The lowest BCUT2D eigenvalue weighted by atomic mass is 10.1. The van der Waals surface area contributed by atoms with Crippen molar-refractivity contribution in [2.24, 2.45) is 11.3 Å². The molecule has 2 atom stereocenters. The van der Waals surface area contributed by atoms with E-state index in [0.717, 1.165) is 5.88 Å². The van der Waals surface area contributed by atoms with Gasteiger partial charge in [0.25, 0.3) is 0 Å². The Balaban J connectivity index is 2.29. The number of alkyl halides is 1. The first-order valence-corrected chi connectivity index (χ1v) is 6.13. The first kappa shape index (κ1) is 11.0. The van der Waals surface area contributed by atoms with Crippen LogP contribution >= 0.6 is 11.6 Å². The molecule has 0 radical (unpaired) electrons. The average molecular weight is 227 g/mol. The fourth-order valence-electron chi connectivity index (χ4n) is 2.62. The van der Waals surface area contributed by atoms with Gasteiger partial charge in [0, 0.05) is 29.7 Å². The number of halogens is 1. The van der Waals surface area contributed by atoms with E-state index in [-0.39, 0.29) is 0 Å². The van der Waals surface area contributed by atoms with Gasteiger partial charge in [0.1, 0.15) is 0 Å². The molecule has 3 heteroatoms. The second kappa shape index (κ2) is 3.51. The predicted molar refractivity (Wildman–Crippen MR) is 63.3 cm³/mol. The van der Waals surface area contributed by atoms with E-state index in [1.165, 1.54) is 5.69 Å². The van der Waals surface area contributed by atoms with Gasteiger partial charge in [-0.3, -0.25) is 4.68 Å². The Labute approximate surface area is 96.6 Å². The molecule has 2 rings (SSSR count). The molecule has 0 aliphatic heterocycles. The van der Waals surface area contributed by atoms with Crippen molar-refractivity contribution in [2.45, 2.75) is 39.7 Å². The van der Waals surface area contributed by atoms with Crippen LogP contribution in [0.25, 0.3) is 0 Å². The van der Waals surface area contributed by atoms with E-state index in [4.69, 9.17) is 11.6 Å². The molecular formula is C12H19ClN2. The van der Waals surface area contributed by atoms with Gasteiger partial charge in [-0.25, -0.2) is 0 Å². The summed E-state index contributed by atoms with van der Waals surface area (Å²) in [5.74, 6) is 1.94. The quantitative estimate of drug-likeness (QED) is 0.722. The fraction of sp³-hybridized carbons (Fsp3) is 0.750. The van der Waals surface area contributed by atoms with Gasteiger partial charge in [-0.2, -0.15) is 5.10 Å². The summed E-state index contributed by atoms with van der Waals surface area (Å²) in [4.78, 5) is 0. The molecule has 1 aliphatic rings. The Morgan fingerprint density at radius 2 is 2.20 bits per heavy atom. The first-order valence-electron chi connectivity index (χ1n) is 5.59. The molecule has 0 bridgehead atoms. The SMILES string of the molecule is CC(C)n1nccc1C1C(CCl)C1(C)C. The highest BCUT2D eigenvalue weighted by Crippen LogP contribution is 2.64. The molecule has 0 aromatic carbocycles. The molecular weight excluding hydrogens is 208 g/mol. The smallest absolute Gasteiger partial charge is 0.0492 e. The topological polar surface area (TPSA) is 17.8 Å². The van der Waals surface area contributed by atoms with Crippen LogP contribution in [0, 0.1) is 11.3 Å². The number of aromatic nitrogens is 2. The lowest BCUT2D eigenvalue weighted by Crippen LogP contribution is -2.08. The van der Waals surface area contributed by atoms with Gasteiger partial charge in [0.2, 0.25) is 0 Å². The standard InChI is InChI=1S/C12H19ClN2/c1-8(2)15-10(5-6-14-15)11-9(7-13)12(11,3)4/h5-6,8-9,11H,7H2,1-4H3. The third kappa shape index (κ3) is 1.59. The highest BCUT2D eigenvalue weighted by molar-refractivity contribution is 6.18. The van der Waals surface area contributed by atoms with Gasteiger partial charge < -0.3 is 0 Å². The summed E-state index contributed by atoms with van der Waals surface area (Å²) in [5.41, 5.74) is 1.69. The minimum atomic E-state index is 0.342. The number of nitrogens with zero attached hydrogens (tertiary/aromatic N) is 2. The minimum Gasteiger partial charge on any atom is -0.267 e. The molecule has 1 heterocycles. The molecule has 0 N–H and O–H groups in total. The van der Waals surface area contributed by atoms with Crippen LogP contribution in [-0.4, -0.2) is 15.7 Å². The summed E-state index contributed by atoms with van der Waals surface area (Å²) in [6.45, 7) is 8.92. The average Bonchev–Trinajstić information content (AvgIpc) is 2.57. The third-order valence-electron chi connectivity index (χ3n) is 3.73. The van der Waals surface area contributed by atoms with Crippen molar-refractivity contribution in [3.63, 3.8) is 0 Å². The van der Waals surface area contributed by atoms with E-state index in [1.807, 2.05) is 6.20 Å². The minimum absolute atomic E-state index is 0.342. The summed E-state index contributed by atoms with van der Waals surface area (Å²) >= 11 is 6.00. The highest BCUT2D eigenvalue weighted by Gasteiger charge is 2.58. The maximum atomic E-state index is 6.00. The van der Waals surface area contributed by atoms with Crippen molar-refractivity contribution in [3.05, 3.63) is 18.0 Å². The summed E-state index contributed by atoms with van der Waals surface area (Å²) in [6, 6.07) is 2.57. The predicted octanol–water partition coefficient (Wildman–Crippen LogP) is 3.44. The maximum Gasteiger partial charge on any atom is 0.0492 e. The summed E-state index contributed by atoms with van der Waals surface area (Å²) in [5, 5.41) is 4.38. The van der Waals surface area contributed by atoms with Crippen LogP contribution in [0.3, 0.4) is 0 Å². The molecule has 1 fully saturated rings. The molecule has 2 unspecified atom stereocenters. The van der Waals surface area contributed by atoms with Gasteiger partial charge >= 0.3 is 0 Å². The van der Waals surface area contributed by atoms with Crippen LogP contribution in [-0.2, 0) is 0 Å². The fourth-order valence-corrected chi connectivity index (χ4v) is 3.20. The molecule has 1 aromatic heterocycles. The lowest BCUT2D eigenvalue weighted by molar-refractivity contribution is 0.494. The van der Waals surface area contributed by atoms with Crippen LogP contribution in [0.5, 0.6) is 0 Å². The summed E-state index contributed by atoms with van der Waals surface area (Å²) < 4.78 is 2.12. The normalized spacial score (nSPS) is 28.4. The van der Waals surface area contributed by atoms with Crippen molar-refractivity contribution in [3.8, 4) is 0 Å². The van der Waals surface area contributed by atoms with E-state index < -0.39 is 0 Å². The van der Waals surface area contributed by atoms with Crippen molar-refractivity contribution in [1.82, 2.24) is 9.78 Å². The molecule has 0 saturated heterocycles. The Kier molecular flexibility index (Phi) is 2.58. The number of rotatable bonds is 3. The highest BCUT2D eigenvalue weighted by atomic mass is 35.5. The van der Waals surface area contributed by atoms with Crippen LogP contribution in [0.15, 0.2) is 12.3 Å². The third-order valence-corrected chi connectivity index (χ3v) is 4.06. The number of hydrogen-bond acceptors (Lipinski definition) is 1. The lowest BCUT2D eigenvalue weighted by Gasteiger charge is -2.11. The zero-order valence-corrected chi connectivity index (χ0v) is 10.6. The van der Waals surface area contributed by atoms with E-state index in [9.17, 15) is 0 Å². The second-order valence-electron chi connectivity index (χ2n) is 5.35. The van der Waals surface area contributed by atoms with Gasteiger partial charge in [-0.1, -0.05) is 13.8 Å². The van der Waals surface area contributed by atoms with E-state index in [1.54, 1.807) is 0 Å².